The number of rotatable bonds is 3. The van der Waals surface area contributed by atoms with Crippen molar-refractivity contribution in [3.05, 3.63) is 35.3 Å². The van der Waals surface area contributed by atoms with E-state index in [9.17, 15) is 9.18 Å². The Bertz CT molecular complexity index is 606. The first-order chi connectivity index (χ1) is 8.54. The van der Waals surface area contributed by atoms with E-state index in [-0.39, 0.29) is 17.0 Å². The maximum absolute atomic E-state index is 13.8. The largest absolute Gasteiger partial charge is 0.496 e. The highest BCUT2D eigenvalue weighted by atomic mass is 19.1. The van der Waals surface area contributed by atoms with Crippen molar-refractivity contribution in [1.29, 1.82) is 0 Å². The van der Waals surface area contributed by atoms with Crippen LogP contribution in [0.3, 0.4) is 0 Å². The van der Waals surface area contributed by atoms with E-state index >= 15 is 0 Å². The van der Waals surface area contributed by atoms with E-state index in [4.69, 9.17) is 14.4 Å². The highest BCUT2D eigenvalue weighted by Gasteiger charge is 2.19. The van der Waals surface area contributed by atoms with Crippen LogP contribution in [0.1, 0.15) is 16.1 Å². The Morgan fingerprint density at radius 2 is 2.22 bits per heavy atom. The third-order valence-electron chi connectivity index (χ3n) is 2.56. The van der Waals surface area contributed by atoms with Crippen LogP contribution in [0.5, 0.6) is 5.75 Å². The second-order valence-electron chi connectivity index (χ2n) is 3.63. The molecule has 0 amide bonds. The Kier molecular flexibility index (Phi) is 3.01. The molecule has 1 aromatic heterocycles. The summed E-state index contributed by atoms with van der Waals surface area (Å²) in [6, 6.07) is 3.89. The quantitative estimate of drug-likeness (QED) is 0.907. The van der Waals surface area contributed by atoms with Crippen LogP contribution in [0.2, 0.25) is 0 Å². The molecule has 1 N–H and O–H groups in total. The number of benzene rings is 1. The summed E-state index contributed by atoms with van der Waals surface area (Å²) >= 11 is 0. The topological polar surface area (TPSA) is 72.6 Å². The van der Waals surface area contributed by atoms with Gasteiger partial charge in [-0.15, -0.1) is 0 Å². The first-order valence-electron chi connectivity index (χ1n) is 5.08. The molecule has 0 fully saturated rings. The van der Waals surface area contributed by atoms with Crippen molar-refractivity contribution in [3.63, 3.8) is 0 Å². The number of aromatic nitrogens is 1. The minimum atomic E-state index is -1.23. The van der Waals surface area contributed by atoms with Crippen LogP contribution in [0.4, 0.5) is 4.39 Å². The van der Waals surface area contributed by atoms with Gasteiger partial charge in [0.15, 0.2) is 11.5 Å². The Labute approximate surface area is 102 Å². The van der Waals surface area contributed by atoms with Gasteiger partial charge < -0.3 is 14.4 Å². The molecule has 94 valence electrons. The number of carboxylic acid groups (broad SMARTS) is 1. The number of carbonyl (C=O) groups is 1. The molecule has 0 saturated heterocycles. The molecule has 18 heavy (non-hydrogen) atoms. The second kappa shape index (κ2) is 4.48. The van der Waals surface area contributed by atoms with Crippen molar-refractivity contribution < 1.29 is 23.6 Å². The maximum Gasteiger partial charge on any atom is 0.358 e. The average Bonchev–Trinajstić information content (AvgIpc) is 2.79. The number of ether oxygens (including phenoxy) is 1. The van der Waals surface area contributed by atoms with Crippen molar-refractivity contribution in [2.24, 2.45) is 0 Å². The molecule has 0 spiro atoms. The molecule has 0 saturated carbocycles. The molecule has 2 aromatic rings. The van der Waals surface area contributed by atoms with E-state index in [1.807, 2.05) is 0 Å². The number of nitrogens with zero attached hydrogens (tertiary/aromatic N) is 1. The number of hydrogen-bond donors (Lipinski definition) is 1. The van der Waals surface area contributed by atoms with Gasteiger partial charge in [0.25, 0.3) is 0 Å². The van der Waals surface area contributed by atoms with E-state index in [0.29, 0.717) is 11.3 Å². The summed E-state index contributed by atoms with van der Waals surface area (Å²) in [5.41, 5.74) is 0.395. The summed E-state index contributed by atoms with van der Waals surface area (Å²) in [5.74, 6) is -1.21. The number of aromatic carboxylic acids is 1. The van der Waals surface area contributed by atoms with Crippen molar-refractivity contribution in [3.8, 4) is 17.1 Å². The van der Waals surface area contributed by atoms with Gasteiger partial charge >= 0.3 is 5.97 Å². The lowest BCUT2D eigenvalue weighted by Gasteiger charge is -2.08. The molecule has 0 aliphatic carbocycles. The first kappa shape index (κ1) is 12.1. The molecule has 1 aromatic carbocycles. The molecule has 0 aliphatic rings. The third-order valence-corrected chi connectivity index (χ3v) is 2.56. The summed E-state index contributed by atoms with van der Waals surface area (Å²) in [6.45, 7) is 1.65. The third kappa shape index (κ3) is 1.92. The van der Waals surface area contributed by atoms with Gasteiger partial charge in [-0.25, -0.2) is 9.18 Å². The lowest BCUT2D eigenvalue weighted by atomic mass is 10.0. The van der Waals surface area contributed by atoms with Gasteiger partial charge in [-0.3, -0.25) is 0 Å². The van der Waals surface area contributed by atoms with Crippen LogP contribution in [0.25, 0.3) is 11.3 Å². The molecule has 0 atom stereocenters. The van der Waals surface area contributed by atoms with Crippen molar-refractivity contribution in [2.45, 2.75) is 6.92 Å². The van der Waals surface area contributed by atoms with Gasteiger partial charge in [0.2, 0.25) is 0 Å². The second-order valence-corrected chi connectivity index (χ2v) is 3.63. The van der Waals surface area contributed by atoms with E-state index in [1.165, 1.54) is 25.3 Å². The van der Waals surface area contributed by atoms with Gasteiger partial charge in [0.1, 0.15) is 11.6 Å². The Morgan fingerprint density at radius 1 is 1.50 bits per heavy atom. The van der Waals surface area contributed by atoms with Crippen LogP contribution < -0.4 is 4.74 Å². The van der Waals surface area contributed by atoms with Crippen LogP contribution in [-0.2, 0) is 0 Å². The number of hydrogen-bond acceptors (Lipinski definition) is 4. The van der Waals surface area contributed by atoms with E-state index in [1.54, 1.807) is 6.92 Å². The fourth-order valence-electron chi connectivity index (χ4n) is 1.68. The fraction of sp³-hybridized carbons (Fsp3) is 0.167. The molecule has 6 heteroatoms. The molecule has 0 unspecified atom stereocenters. The molecular weight excluding hydrogens is 241 g/mol. The van der Waals surface area contributed by atoms with Crippen LogP contribution in [-0.4, -0.2) is 23.3 Å². The van der Waals surface area contributed by atoms with Crippen LogP contribution >= 0.6 is 0 Å². The minimum Gasteiger partial charge on any atom is -0.496 e. The maximum atomic E-state index is 13.8. The van der Waals surface area contributed by atoms with Gasteiger partial charge in [-0.2, -0.15) is 0 Å². The van der Waals surface area contributed by atoms with Crippen LogP contribution in [0, 0.1) is 12.7 Å². The average molecular weight is 251 g/mol. The summed E-state index contributed by atoms with van der Waals surface area (Å²) in [7, 11) is 1.47. The molecule has 0 aliphatic heterocycles. The van der Waals surface area contributed by atoms with E-state index < -0.39 is 11.8 Å². The molecule has 5 nitrogen and oxygen atoms in total. The Morgan fingerprint density at radius 3 is 2.78 bits per heavy atom. The fourth-order valence-corrected chi connectivity index (χ4v) is 1.68. The van der Waals surface area contributed by atoms with Gasteiger partial charge in [-0.05, 0) is 19.1 Å². The zero-order chi connectivity index (χ0) is 13.3. The monoisotopic (exact) mass is 251 g/mol. The van der Waals surface area contributed by atoms with E-state index in [0.717, 1.165) is 0 Å². The number of halogens is 1. The van der Waals surface area contributed by atoms with Crippen LogP contribution in [0.15, 0.2) is 22.7 Å². The van der Waals surface area contributed by atoms with Gasteiger partial charge in [-0.1, -0.05) is 5.16 Å². The van der Waals surface area contributed by atoms with Crippen molar-refractivity contribution >= 4 is 5.97 Å². The number of methoxy groups -OCH3 is 1. The lowest BCUT2D eigenvalue weighted by molar-refractivity contribution is 0.0686. The van der Waals surface area contributed by atoms with Gasteiger partial charge in [0.05, 0.1) is 12.7 Å². The summed E-state index contributed by atoms with van der Waals surface area (Å²) in [4.78, 5) is 10.7. The highest BCUT2D eigenvalue weighted by molar-refractivity contribution is 5.86. The standard InChI is InChI=1S/C12H10FNO4/c1-6-9(17-2)4-3-7(13)11(6)10-5-8(12(15)16)14-18-10/h3-5H,1-2H3,(H,15,16). The van der Waals surface area contributed by atoms with Crippen molar-refractivity contribution in [2.75, 3.05) is 7.11 Å². The zero-order valence-corrected chi connectivity index (χ0v) is 9.73. The SMILES string of the molecule is COc1ccc(F)c(-c2cc(C(=O)O)no2)c1C. The van der Waals surface area contributed by atoms with Crippen molar-refractivity contribution in [1.82, 2.24) is 5.16 Å². The summed E-state index contributed by atoms with van der Waals surface area (Å²) in [6.07, 6.45) is 0. The highest BCUT2D eigenvalue weighted by Crippen LogP contribution is 2.32. The minimum absolute atomic E-state index is 0.0568. The summed E-state index contributed by atoms with van der Waals surface area (Å²) < 4.78 is 23.7. The summed E-state index contributed by atoms with van der Waals surface area (Å²) in [5, 5.41) is 12.1. The normalized spacial score (nSPS) is 10.4. The molecule has 0 bridgehead atoms. The molecule has 2 rings (SSSR count). The first-order valence-corrected chi connectivity index (χ1v) is 5.08. The predicted octanol–water partition coefficient (Wildman–Crippen LogP) is 2.50. The van der Waals surface area contributed by atoms with E-state index in [2.05, 4.69) is 5.16 Å². The number of carboxylic acids is 1. The predicted molar refractivity (Wildman–Crippen MR) is 60.1 cm³/mol. The molecular formula is C12H10FNO4. The van der Waals surface area contributed by atoms with Gasteiger partial charge in [0, 0.05) is 11.6 Å². The molecule has 1 heterocycles. The molecule has 0 radical (unpaired) electrons. The smallest absolute Gasteiger partial charge is 0.358 e. The lowest BCUT2D eigenvalue weighted by Crippen LogP contribution is -1.95. The Hall–Kier alpha value is -2.37. The zero-order valence-electron chi connectivity index (χ0n) is 9.73. The Balaban J connectivity index is 2.58.